The van der Waals surface area contributed by atoms with Gasteiger partial charge in [-0.3, -0.25) is 4.79 Å². The molecule has 1 amide bonds. The van der Waals surface area contributed by atoms with Crippen LogP contribution in [0, 0.1) is 0 Å². The van der Waals surface area contributed by atoms with Gasteiger partial charge in [0.15, 0.2) is 0 Å². The Bertz CT molecular complexity index is 682. The van der Waals surface area contributed by atoms with Crippen LogP contribution in [0.2, 0.25) is 0 Å². The summed E-state index contributed by atoms with van der Waals surface area (Å²) < 4.78 is 0. The van der Waals surface area contributed by atoms with Crippen LogP contribution in [0.15, 0.2) is 0 Å². The molecule has 3 fully saturated rings. The van der Waals surface area contributed by atoms with E-state index in [2.05, 4.69) is 15.3 Å². The number of piperidine rings is 2. The van der Waals surface area contributed by atoms with E-state index in [1.165, 1.54) is 0 Å². The van der Waals surface area contributed by atoms with Crippen LogP contribution in [-0.4, -0.2) is 90.8 Å². The Morgan fingerprint density at radius 1 is 0.724 bits per heavy atom. The highest BCUT2D eigenvalue weighted by atomic mass is 16.2. The predicted molar refractivity (Wildman–Crippen MR) is 111 cm³/mol. The number of anilines is 3. The lowest BCUT2D eigenvalue weighted by atomic mass is 10.0. The van der Waals surface area contributed by atoms with Crippen molar-refractivity contribution >= 4 is 23.8 Å². The zero-order chi connectivity index (χ0) is 20.5. The van der Waals surface area contributed by atoms with Gasteiger partial charge in [-0.25, -0.2) is 0 Å². The number of rotatable bonds is 3. The second kappa shape index (κ2) is 8.22. The molecule has 4 heterocycles. The Hall–Kier alpha value is -2.28. The van der Waals surface area contributed by atoms with Crippen LogP contribution in [0.25, 0.3) is 0 Å². The van der Waals surface area contributed by atoms with Crippen molar-refractivity contribution in [2.75, 3.05) is 60.5 Å². The normalized spacial score (nSPS) is 31.0. The van der Waals surface area contributed by atoms with Gasteiger partial charge >= 0.3 is 0 Å². The molecule has 3 aliphatic rings. The van der Waals surface area contributed by atoms with Crippen molar-refractivity contribution in [3.05, 3.63) is 0 Å². The number of piperazine rings is 1. The maximum Gasteiger partial charge on any atom is 0.239 e. The molecule has 4 unspecified atom stereocenters. The van der Waals surface area contributed by atoms with Gasteiger partial charge < -0.3 is 43.0 Å². The second-order valence-electron chi connectivity index (χ2n) is 8.33. The van der Waals surface area contributed by atoms with Gasteiger partial charge in [-0.1, -0.05) is 0 Å². The molecule has 12 nitrogen and oxygen atoms in total. The minimum atomic E-state index is -0.0520. The topological polar surface area (TPSA) is 182 Å². The van der Waals surface area contributed by atoms with Gasteiger partial charge in [-0.2, -0.15) is 15.0 Å². The lowest BCUT2D eigenvalue weighted by Crippen LogP contribution is -2.54. The minimum absolute atomic E-state index is 0.0417. The minimum Gasteiger partial charge on any atom is -0.353 e. The quantitative estimate of drug-likeness (QED) is 0.337. The van der Waals surface area contributed by atoms with Crippen molar-refractivity contribution in [1.82, 2.24) is 20.3 Å². The Kier molecular flexibility index (Phi) is 5.67. The molecule has 12 heteroatoms. The SMILES string of the molecule is NC1CC(N)CN(c2nc(N3CCNC(=O)C3)nc(N3CC(N)CC(N)C3)n2)C1. The predicted octanol–water partition coefficient (Wildman–Crippen LogP) is -3.46. The summed E-state index contributed by atoms with van der Waals surface area (Å²) in [4.78, 5) is 31.8. The first-order chi connectivity index (χ1) is 13.9. The zero-order valence-corrected chi connectivity index (χ0v) is 16.6. The van der Waals surface area contributed by atoms with Gasteiger partial charge in [0.2, 0.25) is 23.8 Å². The first-order valence-corrected chi connectivity index (χ1v) is 10.2. The third kappa shape index (κ3) is 4.66. The molecule has 1 aromatic rings. The highest BCUT2D eigenvalue weighted by Gasteiger charge is 2.30. The van der Waals surface area contributed by atoms with Crippen LogP contribution in [-0.2, 0) is 4.79 Å². The summed E-state index contributed by atoms with van der Waals surface area (Å²) >= 11 is 0. The summed E-state index contributed by atoms with van der Waals surface area (Å²) in [5, 5.41) is 2.82. The van der Waals surface area contributed by atoms with E-state index >= 15 is 0 Å². The molecule has 0 aliphatic carbocycles. The van der Waals surface area contributed by atoms with Crippen LogP contribution >= 0.6 is 0 Å². The Balaban J connectivity index is 1.68. The fourth-order valence-corrected chi connectivity index (χ4v) is 4.26. The van der Waals surface area contributed by atoms with Crippen LogP contribution in [0.1, 0.15) is 12.8 Å². The van der Waals surface area contributed by atoms with Crippen LogP contribution < -0.4 is 43.0 Å². The van der Waals surface area contributed by atoms with E-state index in [0.717, 1.165) is 12.8 Å². The molecule has 160 valence electrons. The van der Waals surface area contributed by atoms with Crippen molar-refractivity contribution in [3.63, 3.8) is 0 Å². The molecule has 4 rings (SSSR count). The van der Waals surface area contributed by atoms with Gasteiger partial charge in [0.05, 0.1) is 6.54 Å². The molecular weight excluding hydrogens is 374 g/mol. The first kappa shape index (κ1) is 20.0. The summed E-state index contributed by atoms with van der Waals surface area (Å²) in [5.41, 5.74) is 24.7. The van der Waals surface area contributed by atoms with E-state index in [0.29, 0.717) is 57.1 Å². The Labute approximate surface area is 170 Å². The van der Waals surface area contributed by atoms with Crippen LogP contribution in [0.5, 0.6) is 0 Å². The van der Waals surface area contributed by atoms with Gasteiger partial charge in [-0.05, 0) is 12.8 Å². The molecule has 4 atom stereocenters. The van der Waals surface area contributed by atoms with Crippen molar-refractivity contribution < 1.29 is 4.79 Å². The molecule has 3 saturated heterocycles. The standard InChI is InChI=1S/C17H31N11O/c18-10-3-11(19)6-27(5-10)16-23-15(26-2-1-22-14(29)9-26)24-17(25-16)28-7-12(20)4-13(21)8-28/h10-13H,1-9,18-21H2,(H,22,29). The fraction of sp³-hybridized carbons (Fsp3) is 0.765. The number of carbonyl (C=O) groups excluding carboxylic acids is 1. The molecule has 0 saturated carbocycles. The number of hydrogen-bond donors (Lipinski definition) is 5. The molecule has 29 heavy (non-hydrogen) atoms. The van der Waals surface area contributed by atoms with E-state index < -0.39 is 0 Å². The molecule has 9 N–H and O–H groups in total. The molecule has 1 aromatic heterocycles. The number of nitrogens with two attached hydrogens (primary N) is 4. The number of nitrogens with one attached hydrogen (secondary N) is 1. The highest BCUT2D eigenvalue weighted by Crippen LogP contribution is 2.23. The van der Waals surface area contributed by atoms with Crippen molar-refractivity contribution in [2.24, 2.45) is 22.9 Å². The maximum atomic E-state index is 11.9. The molecule has 0 radical (unpaired) electrons. The first-order valence-electron chi connectivity index (χ1n) is 10.2. The molecule has 3 aliphatic heterocycles. The van der Waals surface area contributed by atoms with Crippen molar-refractivity contribution in [3.8, 4) is 0 Å². The Morgan fingerprint density at radius 2 is 1.14 bits per heavy atom. The maximum absolute atomic E-state index is 11.9. The van der Waals surface area contributed by atoms with Gasteiger partial charge in [0, 0.05) is 63.4 Å². The fourth-order valence-electron chi connectivity index (χ4n) is 4.26. The average Bonchev–Trinajstić information content (AvgIpc) is 2.66. The lowest BCUT2D eigenvalue weighted by Gasteiger charge is -2.37. The second-order valence-corrected chi connectivity index (χ2v) is 8.33. The van der Waals surface area contributed by atoms with Gasteiger partial charge in [-0.15, -0.1) is 0 Å². The smallest absolute Gasteiger partial charge is 0.239 e. The summed E-state index contributed by atoms with van der Waals surface area (Å²) in [6, 6.07) is -0.167. The zero-order valence-electron chi connectivity index (χ0n) is 16.6. The van der Waals surface area contributed by atoms with E-state index in [1.54, 1.807) is 0 Å². The monoisotopic (exact) mass is 405 g/mol. The van der Waals surface area contributed by atoms with E-state index in [9.17, 15) is 4.79 Å². The van der Waals surface area contributed by atoms with E-state index in [1.807, 2.05) is 14.7 Å². The number of nitrogens with zero attached hydrogens (tertiary/aromatic N) is 6. The summed E-state index contributed by atoms with van der Waals surface area (Å²) in [6.45, 7) is 3.88. The van der Waals surface area contributed by atoms with Crippen molar-refractivity contribution in [1.29, 1.82) is 0 Å². The molecule has 0 spiro atoms. The summed E-state index contributed by atoms with van der Waals surface area (Å²) in [6.07, 6.45) is 1.53. The summed E-state index contributed by atoms with van der Waals surface area (Å²) in [7, 11) is 0. The van der Waals surface area contributed by atoms with Gasteiger partial charge in [0.25, 0.3) is 0 Å². The molecular formula is C17H31N11O. The third-order valence-corrected chi connectivity index (χ3v) is 5.52. The van der Waals surface area contributed by atoms with E-state index in [-0.39, 0.29) is 36.6 Å². The van der Waals surface area contributed by atoms with Crippen molar-refractivity contribution in [2.45, 2.75) is 37.0 Å². The summed E-state index contributed by atoms with van der Waals surface area (Å²) in [5.74, 6) is 1.47. The largest absolute Gasteiger partial charge is 0.353 e. The average molecular weight is 406 g/mol. The van der Waals surface area contributed by atoms with Gasteiger partial charge in [0.1, 0.15) is 0 Å². The van der Waals surface area contributed by atoms with Crippen LogP contribution in [0.4, 0.5) is 17.8 Å². The number of hydrogen-bond acceptors (Lipinski definition) is 11. The number of aromatic nitrogens is 3. The highest BCUT2D eigenvalue weighted by molar-refractivity contribution is 5.82. The molecule has 0 bridgehead atoms. The lowest BCUT2D eigenvalue weighted by molar-refractivity contribution is -0.120. The van der Waals surface area contributed by atoms with E-state index in [4.69, 9.17) is 27.9 Å². The van der Waals surface area contributed by atoms with Crippen LogP contribution in [0.3, 0.4) is 0 Å². The number of amides is 1. The molecule has 0 aromatic carbocycles. The Morgan fingerprint density at radius 3 is 1.55 bits per heavy atom. The number of carbonyl (C=O) groups is 1. The third-order valence-electron chi connectivity index (χ3n) is 5.52.